The number of anilines is 1. The summed E-state index contributed by atoms with van der Waals surface area (Å²) >= 11 is 0. The van der Waals surface area contributed by atoms with Gasteiger partial charge in [0.2, 0.25) is 11.8 Å². The number of aromatic nitrogens is 1. The predicted molar refractivity (Wildman–Crippen MR) is 103 cm³/mol. The predicted octanol–water partition coefficient (Wildman–Crippen LogP) is 3.66. The van der Waals surface area contributed by atoms with Crippen LogP contribution < -0.4 is 15.2 Å². The zero-order chi connectivity index (χ0) is 21.4. The number of hydrogen-bond acceptors (Lipinski definition) is 4. The Morgan fingerprint density at radius 3 is 2.66 bits per heavy atom. The molecule has 1 amide bonds. The van der Waals surface area contributed by atoms with Crippen LogP contribution in [0.25, 0.3) is 0 Å². The van der Waals surface area contributed by atoms with Gasteiger partial charge in [-0.2, -0.15) is 0 Å². The van der Waals surface area contributed by atoms with Crippen molar-refractivity contribution in [1.29, 1.82) is 0 Å². The van der Waals surface area contributed by atoms with Gasteiger partial charge in [0, 0.05) is 30.6 Å². The molecule has 158 valence electrons. The molecule has 29 heavy (non-hydrogen) atoms. The number of hydrogen-bond donors (Lipinski definition) is 2. The maximum absolute atomic E-state index is 13.3. The number of carbonyl (C=O) groups is 1. The van der Waals surface area contributed by atoms with Gasteiger partial charge in [-0.15, -0.1) is 0 Å². The summed E-state index contributed by atoms with van der Waals surface area (Å²) in [6, 6.07) is 9.15. The number of nitrogens with zero attached hydrogens (tertiary/aromatic N) is 1. The fourth-order valence-corrected chi connectivity index (χ4v) is 3.26. The number of amides is 1. The van der Waals surface area contributed by atoms with E-state index >= 15 is 0 Å². The Labute approximate surface area is 169 Å². The van der Waals surface area contributed by atoms with Crippen LogP contribution in [0.5, 0.6) is 5.75 Å². The third kappa shape index (κ3) is 7.13. The normalized spacial score (nSPS) is 18.7. The summed E-state index contributed by atoms with van der Waals surface area (Å²) in [6.45, 7) is 0. The van der Waals surface area contributed by atoms with Crippen LogP contribution in [0, 0.1) is 11.7 Å². The van der Waals surface area contributed by atoms with Crippen molar-refractivity contribution >= 4 is 22.6 Å². The molecule has 2 atom stereocenters. The smallest absolute Gasteiger partial charge is 0.248 e. The van der Waals surface area contributed by atoms with Gasteiger partial charge in [0.15, 0.2) is 11.6 Å². The highest BCUT2D eigenvalue weighted by molar-refractivity contribution is 7.82. The van der Waals surface area contributed by atoms with Crippen molar-refractivity contribution in [3.63, 3.8) is 0 Å². The Morgan fingerprint density at radius 1 is 1.34 bits per heavy atom. The van der Waals surface area contributed by atoms with E-state index < -0.39 is 35.2 Å². The maximum Gasteiger partial charge on any atom is 0.248 e. The number of halogens is 3. The third-order valence-corrected chi connectivity index (χ3v) is 4.91. The molecule has 3 rings (SSSR count). The number of nitrogens with two attached hydrogens (primary N) is 1. The lowest BCUT2D eigenvalue weighted by atomic mass is 9.86. The van der Waals surface area contributed by atoms with Crippen molar-refractivity contribution in [2.75, 3.05) is 12.4 Å². The number of pyridine rings is 1. The number of rotatable bonds is 4. The molecule has 6 nitrogen and oxygen atoms in total. The minimum absolute atomic E-state index is 0.122. The van der Waals surface area contributed by atoms with E-state index in [9.17, 15) is 22.2 Å². The van der Waals surface area contributed by atoms with E-state index in [4.69, 9.17) is 5.14 Å². The molecule has 0 spiro atoms. The van der Waals surface area contributed by atoms with Crippen molar-refractivity contribution in [2.24, 2.45) is 11.1 Å². The van der Waals surface area contributed by atoms with Gasteiger partial charge in [-0.05, 0) is 37.1 Å². The first-order valence-electron chi connectivity index (χ1n) is 8.81. The number of methoxy groups -OCH3 is 1. The first-order chi connectivity index (χ1) is 13.7. The van der Waals surface area contributed by atoms with Crippen molar-refractivity contribution in [1.82, 2.24) is 4.98 Å². The van der Waals surface area contributed by atoms with Crippen LogP contribution in [-0.4, -0.2) is 28.1 Å². The summed E-state index contributed by atoms with van der Waals surface area (Å²) in [5, 5.41) is 7.85. The van der Waals surface area contributed by atoms with E-state index in [0.717, 1.165) is 0 Å². The molecular weight excluding hydrogens is 407 g/mol. The van der Waals surface area contributed by atoms with Crippen molar-refractivity contribution < 1.29 is 26.9 Å². The van der Waals surface area contributed by atoms with E-state index in [1.165, 1.54) is 31.5 Å². The molecule has 1 saturated carbocycles. The van der Waals surface area contributed by atoms with Crippen LogP contribution in [0.4, 0.5) is 18.9 Å². The van der Waals surface area contributed by atoms with Crippen LogP contribution in [0.1, 0.15) is 25.7 Å². The summed E-state index contributed by atoms with van der Waals surface area (Å²) < 4.78 is 54.8. The van der Waals surface area contributed by atoms with Gasteiger partial charge < -0.3 is 10.1 Å². The van der Waals surface area contributed by atoms with Crippen molar-refractivity contribution in [2.45, 2.75) is 36.6 Å². The standard InChI is InChI=1S/C12H15F2N3O2S.C7H7FO/c13-12(14)4-1-2-8(7-12)11(18)17-9-3-5-16-10(6-9)20(15)19;1-9-7-5-3-2-4-6(7)8/h3,5-6,8H,1-2,4,7,15H2,(H,16,17,18);2-5H,1H3. The van der Waals surface area contributed by atoms with Crippen LogP contribution in [0.2, 0.25) is 0 Å². The number of alkyl halides is 2. The Bertz CT molecular complexity index is 867. The Kier molecular flexibility index (Phi) is 8.15. The van der Waals surface area contributed by atoms with Gasteiger partial charge in [-0.1, -0.05) is 12.1 Å². The van der Waals surface area contributed by atoms with Gasteiger partial charge in [-0.25, -0.2) is 27.5 Å². The van der Waals surface area contributed by atoms with Gasteiger partial charge in [-0.3, -0.25) is 4.79 Å². The van der Waals surface area contributed by atoms with Crippen LogP contribution in [0.3, 0.4) is 0 Å². The lowest BCUT2D eigenvalue weighted by Crippen LogP contribution is -2.33. The SMILES string of the molecule is COc1ccccc1F.NS(=O)c1cc(NC(=O)C2CCCC(F)(F)C2)ccn1. The fourth-order valence-electron chi connectivity index (χ4n) is 2.85. The highest BCUT2D eigenvalue weighted by Crippen LogP contribution is 2.37. The molecule has 1 aromatic carbocycles. The number of para-hydroxylation sites is 1. The molecular formula is C19H22F3N3O3S. The topological polar surface area (TPSA) is 94.3 Å². The lowest BCUT2D eigenvalue weighted by molar-refractivity contribution is -0.127. The van der Waals surface area contributed by atoms with E-state index in [-0.39, 0.29) is 23.0 Å². The zero-order valence-electron chi connectivity index (χ0n) is 15.7. The Balaban J connectivity index is 0.000000278. The second kappa shape index (κ2) is 10.4. The van der Waals surface area contributed by atoms with E-state index in [1.54, 1.807) is 18.2 Å². The lowest BCUT2D eigenvalue weighted by Gasteiger charge is -2.27. The fraction of sp³-hybridized carbons (Fsp3) is 0.368. The average Bonchev–Trinajstić information content (AvgIpc) is 2.68. The van der Waals surface area contributed by atoms with Crippen LogP contribution >= 0.6 is 0 Å². The van der Waals surface area contributed by atoms with Crippen molar-refractivity contribution in [3.8, 4) is 5.75 Å². The van der Waals surface area contributed by atoms with Gasteiger partial charge in [0.1, 0.15) is 16.0 Å². The molecule has 2 aromatic rings. The number of benzene rings is 1. The Hall–Kier alpha value is -2.46. The van der Waals surface area contributed by atoms with Gasteiger partial charge in [0.05, 0.1) is 7.11 Å². The maximum atomic E-state index is 13.3. The number of nitrogens with one attached hydrogen (secondary N) is 1. The molecule has 1 aliphatic rings. The molecule has 1 fully saturated rings. The summed E-state index contributed by atoms with van der Waals surface area (Å²) in [5.74, 6) is -3.97. The summed E-state index contributed by atoms with van der Waals surface area (Å²) in [6.07, 6.45) is 1.54. The summed E-state index contributed by atoms with van der Waals surface area (Å²) in [7, 11) is -0.311. The molecule has 0 radical (unpaired) electrons. The highest BCUT2D eigenvalue weighted by atomic mass is 32.2. The van der Waals surface area contributed by atoms with Gasteiger partial charge in [0.25, 0.3) is 0 Å². The second-order valence-corrected chi connectivity index (χ2v) is 7.47. The van der Waals surface area contributed by atoms with Crippen LogP contribution in [-0.2, 0) is 15.8 Å². The van der Waals surface area contributed by atoms with Crippen molar-refractivity contribution in [3.05, 3.63) is 48.4 Å². The monoisotopic (exact) mass is 429 g/mol. The molecule has 2 unspecified atom stereocenters. The minimum Gasteiger partial charge on any atom is -0.494 e. The zero-order valence-corrected chi connectivity index (χ0v) is 16.6. The summed E-state index contributed by atoms with van der Waals surface area (Å²) in [4.78, 5) is 15.7. The number of ether oxygens (including phenoxy) is 1. The molecule has 10 heteroatoms. The third-order valence-electron chi connectivity index (χ3n) is 4.28. The van der Waals surface area contributed by atoms with E-state index in [1.807, 2.05) is 0 Å². The minimum atomic E-state index is -2.78. The average molecular weight is 429 g/mol. The number of carbonyl (C=O) groups excluding carboxylic acids is 1. The van der Waals surface area contributed by atoms with Crippen LogP contribution in [0.15, 0.2) is 47.6 Å². The molecule has 0 aliphatic heterocycles. The molecule has 0 bridgehead atoms. The quantitative estimate of drug-likeness (QED) is 0.776. The van der Waals surface area contributed by atoms with E-state index in [2.05, 4.69) is 15.0 Å². The first-order valence-corrected chi connectivity index (χ1v) is 10.0. The highest BCUT2D eigenvalue weighted by Gasteiger charge is 2.39. The largest absolute Gasteiger partial charge is 0.494 e. The van der Waals surface area contributed by atoms with E-state index in [0.29, 0.717) is 18.5 Å². The molecule has 3 N–H and O–H groups in total. The second-order valence-electron chi connectivity index (χ2n) is 6.45. The first kappa shape index (κ1) is 22.8. The molecule has 1 aliphatic carbocycles. The molecule has 1 aromatic heterocycles. The Morgan fingerprint density at radius 2 is 2.07 bits per heavy atom. The summed E-state index contributed by atoms with van der Waals surface area (Å²) in [5.41, 5.74) is 0.354. The van der Waals surface area contributed by atoms with Gasteiger partial charge >= 0.3 is 0 Å². The molecule has 0 saturated heterocycles. The molecule has 1 heterocycles.